The molecular formula is C11H16O3. The third-order valence-corrected chi connectivity index (χ3v) is 1.79. The fraction of sp³-hybridized carbons (Fsp3) is 0.455. The maximum atomic E-state index is 5.48. The molecule has 1 atom stereocenters. The number of ether oxygens (including phenoxy) is 3. The Bertz CT molecular complexity index is 249. The van der Waals surface area contributed by atoms with E-state index in [4.69, 9.17) is 14.2 Å². The van der Waals surface area contributed by atoms with Gasteiger partial charge in [-0.25, -0.2) is 0 Å². The summed E-state index contributed by atoms with van der Waals surface area (Å²) in [6.45, 7) is 6.94. The fourth-order valence-electron chi connectivity index (χ4n) is 0.980. The average Bonchev–Trinajstić information content (AvgIpc) is 3.00. The van der Waals surface area contributed by atoms with Gasteiger partial charge < -0.3 is 14.2 Å². The predicted molar refractivity (Wildman–Crippen MR) is 54.7 cm³/mol. The van der Waals surface area contributed by atoms with Crippen molar-refractivity contribution in [3.8, 4) is 0 Å². The van der Waals surface area contributed by atoms with E-state index >= 15 is 0 Å². The molecule has 1 aliphatic heterocycles. The van der Waals surface area contributed by atoms with Crippen molar-refractivity contribution in [1.29, 1.82) is 0 Å². The maximum Gasteiger partial charge on any atom is 0.160 e. The van der Waals surface area contributed by atoms with Crippen LogP contribution in [0.4, 0.5) is 0 Å². The van der Waals surface area contributed by atoms with Gasteiger partial charge in [0.05, 0.1) is 13.7 Å². The predicted octanol–water partition coefficient (Wildman–Crippen LogP) is 2.02. The summed E-state index contributed by atoms with van der Waals surface area (Å²) in [5.41, 5.74) is 0. The van der Waals surface area contributed by atoms with E-state index in [0.717, 1.165) is 6.61 Å². The molecule has 1 heterocycles. The van der Waals surface area contributed by atoms with Crippen molar-refractivity contribution in [3.05, 3.63) is 36.3 Å². The Morgan fingerprint density at radius 2 is 2.29 bits per heavy atom. The van der Waals surface area contributed by atoms with Gasteiger partial charge in [0.2, 0.25) is 0 Å². The van der Waals surface area contributed by atoms with Crippen LogP contribution in [0.25, 0.3) is 0 Å². The van der Waals surface area contributed by atoms with E-state index in [0.29, 0.717) is 18.1 Å². The number of rotatable bonds is 6. The minimum Gasteiger partial charge on any atom is -0.493 e. The van der Waals surface area contributed by atoms with Crippen LogP contribution in [-0.4, -0.2) is 26.4 Å². The Kier molecular flexibility index (Phi) is 4.26. The first-order valence-electron chi connectivity index (χ1n) is 4.59. The van der Waals surface area contributed by atoms with Gasteiger partial charge in [0.15, 0.2) is 11.5 Å². The first-order chi connectivity index (χ1) is 6.81. The second-order valence-electron chi connectivity index (χ2n) is 2.90. The molecule has 14 heavy (non-hydrogen) atoms. The molecular weight excluding hydrogens is 180 g/mol. The van der Waals surface area contributed by atoms with Crippen LogP contribution in [-0.2, 0) is 14.2 Å². The zero-order valence-electron chi connectivity index (χ0n) is 8.66. The summed E-state index contributed by atoms with van der Waals surface area (Å²) in [5, 5.41) is 0. The molecule has 1 fully saturated rings. The molecule has 0 aliphatic carbocycles. The van der Waals surface area contributed by atoms with Crippen LogP contribution in [0.1, 0.15) is 6.92 Å². The second-order valence-corrected chi connectivity index (χ2v) is 2.90. The number of epoxide rings is 1. The van der Waals surface area contributed by atoms with Gasteiger partial charge in [-0.2, -0.15) is 0 Å². The summed E-state index contributed by atoms with van der Waals surface area (Å²) < 4.78 is 15.7. The monoisotopic (exact) mass is 196 g/mol. The lowest BCUT2D eigenvalue weighted by Gasteiger charge is -2.08. The third-order valence-electron chi connectivity index (χ3n) is 1.79. The Morgan fingerprint density at radius 3 is 2.71 bits per heavy atom. The summed E-state index contributed by atoms with van der Waals surface area (Å²) in [6, 6.07) is 0. The molecule has 3 heteroatoms. The summed E-state index contributed by atoms with van der Waals surface area (Å²) >= 11 is 0. The van der Waals surface area contributed by atoms with Gasteiger partial charge in [0.25, 0.3) is 0 Å². The highest BCUT2D eigenvalue weighted by Crippen LogP contribution is 2.15. The lowest BCUT2D eigenvalue weighted by atomic mass is 10.3. The number of allylic oxidation sites excluding steroid dienone is 3. The lowest BCUT2D eigenvalue weighted by Crippen LogP contribution is -2.02. The van der Waals surface area contributed by atoms with E-state index in [1.807, 2.05) is 19.1 Å². The first kappa shape index (κ1) is 10.9. The minimum atomic E-state index is 0.244. The second kappa shape index (κ2) is 5.50. The molecule has 0 bridgehead atoms. The molecule has 78 valence electrons. The van der Waals surface area contributed by atoms with Crippen molar-refractivity contribution in [1.82, 2.24) is 0 Å². The number of hydrogen-bond acceptors (Lipinski definition) is 3. The Balaban J connectivity index is 2.57. The van der Waals surface area contributed by atoms with Gasteiger partial charge in [-0.15, -0.1) is 0 Å². The quantitative estimate of drug-likeness (QED) is 0.370. The Morgan fingerprint density at radius 1 is 1.57 bits per heavy atom. The molecule has 0 aromatic heterocycles. The fourth-order valence-corrected chi connectivity index (χ4v) is 0.980. The highest BCUT2D eigenvalue weighted by atomic mass is 16.6. The van der Waals surface area contributed by atoms with Crippen LogP contribution in [0.2, 0.25) is 0 Å². The minimum absolute atomic E-state index is 0.244. The molecule has 1 aliphatic rings. The zero-order chi connectivity index (χ0) is 10.4. The highest BCUT2D eigenvalue weighted by molar-refractivity contribution is 5.23. The first-order valence-corrected chi connectivity index (χ1v) is 4.59. The molecule has 0 N–H and O–H groups in total. The molecule has 0 aromatic carbocycles. The third kappa shape index (κ3) is 3.26. The largest absolute Gasteiger partial charge is 0.493 e. The van der Waals surface area contributed by atoms with Crippen molar-refractivity contribution >= 4 is 0 Å². The highest BCUT2D eigenvalue weighted by Gasteiger charge is 2.23. The van der Waals surface area contributed by atoms with Gasteiger partial charge in [0.1, 0.15) is 12.7 Å². The van der Waals surface area contributed by atoms with Crippen molar-refractivity contribution < 1.29 is 14.2 Å². The molecule has 0 radical (unpaired) electrons. The van der Waals surface area contributed by atoms with E-state index in [2.05, 4.69) is 6.58 Å². The van der Waals surface area contributed by atoms with Crippen LogP contribution < -0.4 is 0 Å². The average molecular weight is 196 g/mol. The summed E-state index contributed by atoms with van der Waals surface area (Å²) in [4.78, 5) is 0. The molecule has 3 nitrogen and oxygen atoms in total. The normalized spacial score (nSPS) is 21.7. The van der Waals surface area contributed by atoms with Crippen molar-refractivity contribution in [2.24, 2.45) is 0 Å². The van der Waals surface area contributed by atoms with Crippen LogP contribution in [0, 0.1) is 0 Å². The topological polar surface area (TPSA) is 31.0 Å². The summed E-state index contributed by atoms with van der Waals surface area (Å²) in [5.74, 6) is 1.34. The standard InChI is InChI=1S/C11H16O3/c1-4-6-11(12-3)10(5-2)14-8-9-7-13-9/h4-6,9H,2,7-8H2,1,3H3/b6-4-,11-10-. The van der Waals surface area contributed by atoms with Crippen molar-refractivity contribution in [3.63, 3.8) is 0 Å². The number of hydrogen-bond donors (Lipinski definition) is 0. The summed E-state index contributed by atoms with van der Waals surface area (Å²) in [6.07, 6.45) is 5.61. The van der Waals surface area contributed by atoms with E-state index in [1.165, 1.54) is 0 Å². The molecule has 0 saturated carbocycles. The smallest absolute Gasteiger partial charge is 0.160 e. The SMILES string of the molecule is C=C/C(OCC1CO1)=C(\C=C/C)OC. The molecule has 1 rings (SSSR count). The maximum absolute atomic E-state index is 5.48. The Hall–Kier alpha value is -1.22. The van der Waals surface area contributed by atoms with Gasteiger partial charge in [-0.05, 0) is 19.1 Å². The van der Waals surface area contributed by atoms with Crippen LogP contribution in [0.15, 0.2) is 36.3 Å². The molecule has 0 amide bonds. The van der Waals surface area contributed by atoms with Crippen molar-refractivity contribution in [2.75, 3.05) is 20.3 Å². The summed E-state index contributed by atoms with van der Waals surface area (Å²) in [7, 11) is 1.61. The molecule has 0 aromatic rings. The van der Waals surface area contributed by atoms with Crippen molar-refractivity contribution in [2.45, 2.75) is 13.0 Å². The van der Waals surface area contributed by atoms with E-state index in [1.54, 1.807) is 13.2 Å². The number of methoxy groups -OCH3 is 1. The van der Waals surface area contributed by atoms with E-state index in [9.17, 15) is 0 Å². The molecule has 1 saturated heterocycles. The van der Waals surface area contributed by atoms with Gasteiger partial charge >= 0.3 is 0 Å². The zero-order valence-corrected chi connectivity index (χ0v) is 8.66. The molecule has 0 spiro atoms. The van der Waals surface area contributed by atoms with Gasteiger partial charge in [-0.3, -0.25) is 0 Å². The Labute approximate surface area is 84.7 Å². The van der Waals surface area contributed by atoms with Crippen LogP contribution in [0.5, 0.6) is 0 Å². The van der Waals surface area contributed by atoms with Crippen LogP contribution >= 0.6 is 0 Å². The van der Waals surface area contributed by atoms with Gasteiger partial charge in [0, 0.05) is 0 Å². The van der Waals surface area contributed by atoms with E-state index in [-0.39, 0.29) is 6.10 Å². The molecule has 1 unspecified atom stereocenters. The van der Waals surface area contributed by atoms with E-state index < -0.39 is 0 Å². The van der Waals surface area contributed by atoms with Crippen LogP contribution in [0.3, 0.4) is 0 Å². The lowest BCUT2D eigenvalue weighted by molar-refractivity contribution is 0.172. The van der Waals surface area contributed by atoms with Gasteiger partial charge in [-0.1, -0.05) is 12.7 Å².